The second-order valence-electron chi connectivity index (χ2n) is 2.77. The van der Waals surface area contributed by atoms with Gasteiger partial charge in [0.15, 0.2) is 0 Å². The van der Waals surface area contributed by atoms with Crippen molar-refractivity contribution in [3.8, 4) is 0 Å². The van der Waals surface area contributed by atoms with Gasteiger partial charge in [0, 0.05) is 0 Å². The maximum atomic E-state index is 11.0. The van der Waals surface area contributed by atoms with E-state index in [9.17, 15) is 9.59 Å². The van der Waals surface area contributed by atoms with Gasteiger partial charge in [-0.3, -0.25) is 4.79 Å². The van der Waals surface area contributed by atoms with Gasteiger partial charge in [0.25, 0.3) is 0 Å². The summed E-state index contributed by atoms with van der Waals surface area (Å²) >= 11 is 16.0. The highest BCUT2D eigenvalue weighted by atomic mass is 35.6. The summed E-state index contributed by atoms with van der Waals surface area (Å²) in [4.78, 5) is 21.9. The number of alkyl halides is 3. The molecule has 0 aromatic heterocycles. The molecular weight excluding hydrogens is 280 g/mol. The van der Waals surface area contributed by atoms with E-state index in [1.165, 1.54) is 0 Å². The van der Waals surface area contributed by atoms with Gasteiger partial charge in [0.2, 0.25) is 3.79 Å². The molecule has 5 nitrogen and oxygen atoms in total. The van der Waals surface area contributed by atoms with Crippen LogP contribution < -0.4 is 5.32 Å². The van der Waals surface area contributed by atoms with E-state index in [2.05, 4.69) is 10.1 Å². The molecule has 0 unspecified atom stereocenters. The average Bonchev–Trinajstić information content (AvgIpc) is 2.19. The van der Waals surface area contributed by atoms with E-state index in [0.29, 0.717) is 13.0 Å². The van der Waals surface area contributed by atoms with Crippen molar-refractivity contribution in [3.05, 3.63) is 0 Å². The zero-order valence-corrected chi connectivity index (χ0v) is 10.9. The average molecular weight is 293 g/mol. The van der Waals surface area contributed by atoms with Gasteiger partial charge in [-0.1, -0.05) is 41.7 Å². The van der Waals surface area contributed by atoms with Gasteiger partial charge in [0.05, 0.1) is 6.61 Å². The van der Waals surface area contributed by atoms with Gasteiger partial charge in [-0.05, 0) is 6.42 Å². The molecule has 0 fully saturated rings. The predicted octanol–water partition coefficient (Wildman–Crippen LogP) is 2.04. The van der Waals surface area contributed by atoms with Crippen LogP contribution in [0.15, 0.2) is 0 Å². The van der Waals surface area contributed by atoms with Crippen LogP contribution in [0.3, 0.4) is 0 Å². The van der Waals surface area contributed by atoms with Gasteiger partial charge >= 0.3 is 12.1 Å². The van der Waals surface area contributed by atoms with Crippen molar-refractivity contribution in [3.63, 3.8) is 0 Å². The molecule has 94 valence electrons. The molecule has 0 aromatic carbocycles. The van der Waals surface area contributed by atoms with Gasteiger partial charge in [-0.25, -0.2) is 4.79 Å². The predicted molar refractivity (Wildman–Crippen MR) is 60.9 cm³/mol. The molecule has 0 bridgehead atoms. The number of hydrogen-bond donors (Lipinski definition) is 1. The second kappa shape index (κ2) is 7.81. The Balaban J connectivity index is 3.61. The Hall–Kier alpha value is -0.390. The van der Waals surface area contributed by atoms with Gasteiger partial charge in [-0.15, -0.1) is 0 Å². The van der Waals surface area contributed by atoms with Crippen molar-refractivity contribution >= 4 is 46.9 Å². The standard InChI is InChI=1S/C8H12Cl3NO4/c1-2-3-15-6(13)4-12-7(14)16-5-8(9,10)11/h2-5H2,1H3,(H,12,14). The maximum absolute atomic E-state index is 11.0. The normalized spacial score (nSPS) is 10.8. The third kappa shape index (κ3) is 10.1. The van der Waals surface area contributed by atoms with Crippen LogP contribution in [0, 0.1) is 0 Å². The summed E-state index contributed by atoms with van der Waals surface area (Å²) in [5, 5.41) is 2.15. The van der Waals surface area contributed by atoms with Crippen molar-refractivity contribution in [2.24, 2.45) is 0 Å². The maximum Gasteiger partial charge on any atom is 0.407 e. The molecule has 0 saturated heterocycles. The Labute approximate surface area is 108 Å². The van der Waals surface area contributed by atoms with Gasteiger partial charge < -0.3 is 14.8 Å². The van der Waals surface area contributed by atoms with Crippen molar-refractivity contribution < 1.29 is 19.1 Å². The van der Waals surface area contributed by atoms with E-state index < -0.39 is 22.5 Å². The number of carbonyl (C=O) groups is 2. The summed E-state index contributed by atoms with van der Waals surface area (Å²) in [5.41, 5.74) is 0. The number of amides is 1. The summed E-state index contributed by atoms with van der Waals surface area (Å²) < 4.78 is 7.54. The van der Waals surface area contributed by atoms with Crippen LogP contribution in [0.1, 0.15) is 13.3 Å². The lowest BCUT2D eigenvalue weighted by Gasteiger charge is -2.11. The molecule has 0 radical (unpaired) electrons. The van der Waals surface area contributed by atoms with Crippen LogP contribution in [0.2, 0.25) is 0 Å². The van der Waals surface area contributed by atoms with Crippen molar-refractivity contribution in [2.75, 3.05) is 19.8 Å². The molecule has 0 aliphatic rings. The third-order valence-corrected chi connectivity index (χ3v) is 1.54. The lowest BCUT2D eigenvalue weighted by molar-refractivity contribution is -0.142. The zero-order valence-electron chi connectivity index (χ0n) is 8.60. The molecule has 0 heterocycles. The number of esters is 1. The SMILES string of the molecule is CCCOC(=O)CNC(=O)OCC(Cl)(Cl)Cl. The van der Waals surface area contributed by atoms with Crippen molar-refractivity contribution in [2.45, 2.75) is 17.1 Å². The fourth-order valence-electron chi connectivity index (χ4n) is 0.610. The van der Waals surface area contributed by atoms with Crippen LogP contribution in [-0.2, 0) is 14.3 Å². The van der Waals surface area contributed by atoms with Crippen molar-refractivity contribution in [1.82, 2.24) is 5.32 Å². The summed E-state index contributed by atoms with van der Waals surface area (Å²) in [7, 11) is 0. The summed E-state index contributed by atoms with van der Waals surface area (Å²) in [6, 6.07) is 0. The number of halogens is 3. The Morgan fingerprint density at radius 3 is 2.38 bits per heavy atom. The molecule has 0 rings (SSSR count). The lowest BCUT2D eigenvalue weighted by Crippen LogP contribution is -2.33. The smallest absolute Gasteiger partial charge is 0.407 e. The molecule has 0 aromatic rings. The van der Waals surface area contributed by atoms with Gasteiger partial charge in [-0.2, -0.15) is 0 Å². The quantitative estimate of drug-likeness (QED) is 0.622. The molecule has 1 amide bonds. The molecule has 0 aliphatic carbocycles. The summed E-state index contributed by atoms with van der Waals surface area (Å²) in [6.07, 6.45) is -0.136. The Bertz CT molecular complexity index is 242. The molecule has 0 aliphatic heterocycles. The largest absolute Gasteiger partial charge is 0.464 e. The second-order valence-corrected chi connectivity index (χ2v) is 5.28. The molecule has 0 spiro atoms. The van der Waals surface area contributed by atoms with E-state index in [4.69, 9.17) is 39.5 Å². The Kier molecular flexibility index (Phi) is 7.62. The number of hydrogen-bond acceptors (Lipinski definition) is 4. The fraction of sp³-hybridized carbons (Fsp3) is 0.750. The van der Waals surface area contributed by atoms with Gasteiger partial charge in [0.1, 0.15) is 13.2 Å². The highest BCUT2D eigenvalue weighted by Crippen LogP contribution is 2.25. The van der Waals surface area contributed by atoms with Crippen LogP contribution in [0.5, 0.6) is 0 Å². The fourth-order valence-corrected chi connectivity index (χ4v) is 0.773. The minimum Gasteiger partial charge on any atom is -0.464 e. The van der Waals surface area contributed by atoms with Crippen LogP contribution >= 0.6 is 34.8 Å². The first kappa shape index (κ1) is 15.6. The first-order valence-corrected chi connectivity index (χ1v) is 5.61. The number of rotatable bonds is 5. The van der Waals surface area contributed by atoms with E-state index in [0.717, 1.165) is 0 Å². The van der Waals surface area contributed by atoms with E-state index in [1.807, 2.05) is 6.92 Å². The molecule has 0 saturated carbocycles. The first-order chi connectivity index (χ1) is 7.35. The van der Waals surface area contributed by atoms with Crippen LogP contribution in [0.4, 0.5) is 4.79 Å². The van der Waals surface area contributed by atoms with Crippen LogP contribution in [0.25, 0.3) is 0 Å². The molecule has 8 heteroatoms. The Morgan fingerprint density at radius 2 is 1.88 bits per heavy atom. The molecule has 0 atom stereocenters. The number of alkyl carbamates (subject to hydrolysis) is 1. The first-order valence-electron chi connectivity index (χ1n) is 4.48. The minimum absolute atomic E-state index is 0.279. The van der Waals surface area contributed by atoms with Crippen LogP contribution in [-0.4, -0.2) is 35.6 Å². The topological polar surface area (TPSA) is 64.6 Å². The molecular formula is C8H12Cl3NO4. The number of ether oxygens (including phenoxy) is 2. The molecule has 16 heavy (non-hydrogen) atoms. The van der Waals surface area contributed by atoms with Crippen molar-refractivity contribution in [1.29, 1.82) is 0 Å². The van der Waals surface area contributed by atoms with E-state index in [-0.39, 0.29) is 6.54 Å². The summed E-state index contributed by atoms with van der Waals surface area (Å²) in [5.74, 6) is -0.548. The zero-order chi connectivity index (χ0) is 12.6. The monoisotopic (exact) mass is 291 g/mol. The highest BCUT2D eigenvalue weighted by Gasteiger charge is 2.22. The number of carbonyl (C=O) groups excluding carboxylic acids is 2. The summed E-state index contributed by atoms with van der Waals surface area (Å²) in [6.45, 7) is 1.49. The minimum atomic E-state index is -1.67. The van der Waals surface area contributed by atoms with E-state index >= 15 is 0 Å². The third-order valence-electron chi connectivity index (χ3n) is 1.21. The van der Waals surface area contributed by atoms with E-state index in [1.54, 1.807) is 0 Å². The Morgan fingerprint density at radius 1 is 1.25 bits per heavy atom. The molecule has 1 N–H and O–H groups in total. The highest BCUT2D eigenvalue weighted by molar-refractivity contribution is 6.67. The lowest BCUT2D eigenvalue weighted by atomic mass is 10.5. The number of nitrogens with one attached hydrogen (secondary N) is 1.